The molecule has 0 aliphatic heterocycles. The minimum Gasteiger partial charge on any atom is -0.354 e. The molecule has 0 saturated heterocycles. The molecule has 0 spiro atoms. The molecule has 2 aromatic carbocycles. The molecule has 2 aromatic rings. The van der Waals surface area contributed by atoms with E-state index < -0.39 is 11.9 Å². The van der Waals surface area contributed by atoms with Crippen LogP contribution in [-0.2, 0) is 21.9 Å². The zero-order valence-electron chi connectivity index (χ0n) is 17.4. The van der Waals surface area contributed by atoms with Gasteiger partial charge in [0.2, 0.25) is 11.8 Å². The number of carbonyl (C=O) groups is 2. The smallest absolute Gasteiger partial charge is 0.242 e. The van der Waals surface area contributed by atoms with Crippen LogP contribution in [0.1, 0.15) is 37.8 Å². The molecule has 0 fully saturated rings. The van der Waals surface area contributed by atoms with E-state index in [2.05, 4.69) is 5.32 Å². The second-order valence-electron chi connectivity index (χ2n) is 7.02. The summed E-state index contributed by atoms with van der Waals surface area (Å²) < 4.78 is 27.9. The SMILES string of the molecule is CCCCNC(=O)[C@@H](C)N(Cc1ccccc1F)C(=O)CSCc1ccccc1F. The van der Waals surface area contributed by atoms with Crippen molar-refractivity contribution in [2.24, 2.45) is 0 Å². The third-order valence-electron chi connectivity index (χ3n) is 4.74. The molecule has 0 heterocycles. The summed E-state index contributed by atoms with van der Waals surface area (Å²) >= 11 is 1.27. The lowest BCUT2D eigenvalue weighted by Crippen LogP contribution is -2.48. The number of halogens is 2. The molecule has 1 atom stereocenters. The molecular formula is C23H28F2N2O2S. The number of benzene rings is 2. The molecule has 162 valence electrons. The van der Waals surface area contributed by atoms with Crippen LogP contribution in [-0.4, -0.2) is 35.1 Å². The van der Waals surface area contributed by atoms with E-state index in [1.54, 1.807) is 43.3 Å². The van der Waals surface area contributed by atoms with Gasteiger partial charge in [0.15, 0.2) is 0 Å². The summed E-state index contributed by atoms with van der Waals surface area (Å²) in [4.78, 5) is 26.8. The number of carbonyl (C=O) groups excluding carboxylic acids is 2. The van der Waals surface area contributed by atoms with Gasteiger partial charge in [-0.05, 0) is 31.0 Å². The first-order chi connectivity index (χ1) is 14.4. The summed E-state index contributed by atoms with van der Waals surface area (Å²) in [5.41, 5.74) is 0.861. The number of amides is 2. The number of nitrogens with zero attached hydrogens (tertiary/aromatic N) is 1. The average molecular weight is 435 g/mol. The molecule has 1 N–H and O–H groups in total. The van der Waals surface area contributed by atoms with Gasteiger partial charge < -0.3 is 10.2 Å². The predicted molar refractivity (Wildman–Crippen MR) is 117 cm³/mol. The fourth-order valence-corrected chi connectivity index (χ4v) is 3.77. The monoisotopic (exact) mass is 434 g/mol. The molecule has 0 bridgehead atoms. The molecule has 0 aromatic heterocycles. The van der Waals surface area contributed by atoms with Crippen molar-refractivity contribution >= 4 is 23.6 Å². The number of thioether (sulfide) groups is 1. The molecule has 2 amide bonds. The van der Waals surface area contributed by atoms with Crippen molar-refractivity contribution in [1.29, 1.82) is 0 Å². The molecule has 2 rings (SSSR count). The molecule has 0 unspecified atom stereocenters. The molecule has 0 saturated carbocycles. The van der Waals surface area contributed by atoms with Crippen molar-refractivity contribution in [2.45, 2.75) is 45.0 Å². The first-order valence-electron chi connectivity index (χ1n) is 10.1. The first-order valence-corrected chi connectivity index (χ1v) is 11.2. The standard InChI is InChI=1S/C23H28F2N2O2S/c1-3-4-13-26-23(29)17(2)27(14-18-9-5-7-11-20(18)24)22(28)16-30-15-19-10-6-8-12-21(19)25/h5-12,17H,3-4,13-16H2,1-2H3,(H,26,29)/t17-/m1/s1. The van der Waals surface area contributed by atoms with E-state index in [9.17, 15) is 18.4 Å². The highest BCUT2D eigenvalue weighted by molar-refractivity contribution is 7.99. The van der Waals surface area contributed by atoms with Gasteiger partial charge >= 0.3 is 0 Å². The zero-order chi connectivity index (χ0) is 21.9. The third-order valence-corrected chi connectivity index (χ3v) is 5.70. The second-order valence-corrected chi connectivity index (χ2v) is 8.00. The Kier molecular flexibility index (Phi) is 9.80. The van der Waals surface area contributed by atoms with Crippen molar-refractivity contribution < 1.29 is 18.4 Å². The third kappa shape index (κ3) is 7.13. The Morgan fingerprint density at radius 2 is 1.63 bits per heavy atom. The van der Waals surface area contributed by atoms with Gasteiger partial charge in [-0.15, -0.1) is 11.8 Å². The highest BCUT2D eigenvalue weighted by Gasteiger charge is 2.26. The van der Waals surface area contributed by atoms with E-state index >= 15 is 0 Å². The van der Waals surface area contributed by atoms with Crippen LogP contribution in [0.2, 0.25) is 0 Å². The Morgan fingerprint density at radius 3 is 2.23 bits per heavy atom. The van der Waals surface area contributed by atoms with Crippen LogP contribution in [0.4, 0.5) is 8.78 Å². The van der Waals surface area contributed by atoms with Crippen LogP contribution >= 0.6 is 11.8 Å². The summed E-state index contributed by atoms with van der Waals surface area (Å²) in [6, 6.07) is 11.9. The van der Waals surface area contributed by atoms with Crippen LogP contribution in [0.3, 0.4) is 0 Å². The van der Waals surface area contributed by atoms with Gasteiger partial charge in [0.25, 0.3) is 0 Å². The van der Waals surface area contributed by atoms with E-state index in [0.717, 1.165) is 12.8 Å². The molecular weight excluding hydrogens is 406 g/mol. The second kappa shape index (κ2) is 12.3. The number of rotatable bonds is 11. The molecule has 30 heavy (non-hydrogen) atoms. The molecule has 7 heteroatoms. The lowest BCUT2D eigenvalue weighted by Gasteiger charge is -2.29. The van der Waals surface area contributed by atoms with Crippen LogP contribution in [0.5, 0.6) is 0 Å². The number of nitrogens with one attached hydrogen (secondary N) is 1. The lowest BCUT2D eigenvalue weighted by atomic mass is 10.1. The number of hydrogen-bond acceptors (Lipinski definition) is 3. The van der Waals surface area contributed by atoms with E-state index in [1.807, 2.05) is 6.92 Å². The normalized spacial score (nSPS) is 11.7. The molecule has 0 aliphatic carbocycles. The van der Waals surface area contributed by atoms with E-state index in [4.69, 9.17) is 0 Å². The van der Waals surface area contributed by atoms with Gasteiger partial charge in [0.1, 0.15) is 17.7 Å². The lowest BCUT2D eigenvalue weighted by molar-refractivity contribution is -0.138. The Balaban J connectivity index is 2.07. The Hall–Kier alpha value is -2.41. The predicted octanol–water partition coefficient (Wildman–Crippen LogP) is 4.53. The zero-order valence-corrected chi connectivity index (χ0v) is 18.2. The molecule has 0 radical (unpaired) electrons. The summed E-state index contributed by atoms with van der Waals surface area (Å²) in [5.74, 6) is -0.902. The quantitative estimate of drug-likeness (QED) is 0.529. The number of hydrogen-bond donors (Lipinski definition) is 1. The maximum atomic E-state index is 14.2. The van der Waals surface area contributed by atoms with Crippen molar-refractivity contribution in [3.63, 3.8) is 0 Å². The summed E-state index contributed by atoms with van der Waals surface area (Å²) in [5, 5.41) is 2.83. The van der Waals surface area contributed by atoms with Gasteiger partial charge in [0.05, 0.1) is 5.75 Å². The minimum atomic E-state index is -0.747. The number of unbranched alkanes of at least 4 members (excludes halogenated alkanes) is 1. The van der Waals surface area contributed by atoms with Gasteiger partial charge in [-0.25, -0.2) is 8.78 Å². The van der Waals surface area contributed by atoms with Gasteiger partial charge in [-0.1, -0.05) is 49.7 Å². The Morgan fingerprint density at radius 1 is 1.03 bits per heavy atom. The first kappa shape index (κ1) is 23.9. The van der Waals surface area contributed by atoms with Crippen molar-refractivity contribution in [1.82, 2.24) is 10.2 Å². The molecule has 4 nitrogen and oxygen atoms in total. The minimum absolute atomic E-state index is 0.00582. The van der Waals surface area contributed by atoms with Gasteiger partial charge in [0, 0.05) is 24.4 Å². The fourth-order valence-electron chi connectivity index (χ4n) is 2.88. The highest BCUT2D eigenvalue weighted by Crippen LogP contribution is 2.18. The largest absolute Gasteiger partial charge is 0.354 e. The van der Waals surface area contributed by atoms with E-state index in [1.165, 1.54) is 28.8 Å². The maximum Gasteiger partial charge on any atom is 0.242 e. The maximum absolute atomic E-state index is 14.2. The Labute approximate surface area is 181 Å². The van der Waals surface area contributed by atoms with E-state index in [-0.39, 0.29) is 29.9 Å². The highest BCUT2D eigenvalue weighted by atomic mass is 32.2. The van der Waals surface area contributed by atoms with Gasteiger partial charge in [-0.3, -0.25) is 9.59 Å². The van der Waals surface area contributed by atoms with Crippen molar-refractivity contribution in [3.8, 4) is 0 Å². The Bertz CT molecular complexity index is 847. The van der Waals surface area contributed by atoms with Crippen LogP contribution in [0.25, 0.3) is 0 Å². The van der Waals surface area contributed by atoms with Crippen molar-refractivity contribution in [3.05, 3.63) is 71.3 Å². The summed E-state index contributed by atoms with van der Waals surface area (Å²) in [6.45, 7) is 4.19. The van der Waals surface area contributed by atoms with Crippen LogP contribution < -0.4 is 5.32 Å². The van der Waals surface area contributed by atoms with E-state index in [0.29, 0.717) is 23.4 Å². The van der Waals surface area contributed by atoms with Crippen LogP contribution in [0, 0.1) is 11.6 Å². The average Bonchev–Trinajstić information content (AvgIpc) is 2.74. The summed E-state index contributed by atoms with van der Waals surface area (Å²) in [6.07, 6.45) is 1.79. The van der Waals surface area contributed by atoms with Crippen LogP contribution in [0.15, 0.2) is 48.5 Å². The summed E-state index contributed by atoms with van der Waals surface area (Å²) in [7, 11) is 0. The van der Waals surface area contributed by atoms with Crippen molar-refractivity contribution in [2.75, 3.05) is 12.3 Å². The fraction of sp³-hybridized carbons (Fsp3) is 0.391. The molecule has 0 aliphatic rings. The topological polar surface area (TPSA) is 49.4 Å². The van der Waals surface area contributed by atoms with Gasteiger partial charge in [-0.2, -0.15) is 0 Å².